The first-order chi connectivity index (χ1) is 8.09. The lowest BCUT2D eigenvalue weighted by Gasteiger charge is -2.34. The molecule has 0 aliphatic carbocycles. The highest BCUT2D eigenvalue weighted by Gasteiger charge is 2.25. The van der Waals surface area contributed by atoms with Gasteiger partial charge in [-0.05, 0) is 41.1 Å². The first-order valence-corrected chi connectivity index (χ1v) is 6.35. The molecule has 0 saturated carbocycles. The van der Waals surface area contributed by atoms with Gasteiger partial charge in [-0.25, -0.2) is 4.39 Å². The summed E-state index contributed by atoms with van der Waals surface area (Å²) in [6.45, 7) is 4.28. The number of halogens is 2. The van der Waals surface area contributed by atoms with Crippen molar-refractivity contribution in [3.63, 3.8) is 0 Å². The van der Waals surface area contributed by atoms with Crippen LogP contribution in [0, 0.1) is 5.82 Å². The van der Waals surface area contributed by atoms with Gasteiger partial charge in [0.05, 0.1) is 5.56 Å². The summed E-state index contributed by atoms with van der Waals surface area (Å²) in [6.07, 6.45) is 0. The van der Waals surface area contributed by atoms with Crippen molar-refractivity contribution in [2.75, 3.05) is 19.6 Å². The summed E-state index contributed by atoms with van der Waals surface area (Å²) < 4.78 is 13.5. The average molecular weight is 301 g/mol. The molecule has 17 heavy (non-hydrogen) atoms. The molecule has 1 heterocycles. The maximum atomic E-state index is 13.0. The van der Waals surface area contributed by atoms with Gasteiger partial charge in [-0.15, -0.1) is 0 Å². The predicted molar refractivity (Wildman–Crippen MR) is 67.5 cm³/mol. The number of nitrogens with one attached hydrogen (secondary N) is 1. The number of carbonyl (C=O) groups excluding carboxylic acids is 1. The molecule has 0 radical (unpaired) electrons. The van der Waals surface area contributed by atoms with Crippen LogP contribution in [0.5, 0.6) is 0 Å². The molecule has 1 aliphatic rings. The molecule has 92 valence electrons. The van der Waals surface area contributed by atoms with E-state index in [1.54, 1.807) is 0 Å². The van der Waals surface area contributed by atoms with E-state index in [2.05, 4.69) is 21.2 Å². The Labute approximate surface area is 108 Å². The normalized spacial score (nSPS) is 20.4. The van der Waals surface area contributed by atoms with Crippen LogP contribution in [0.25, 0.3) is 0 Å². The Kier molecular flexibility index (Phi) is 3.79. The Bertz CT molecular complexity index is 439. The van der Waals surface area contributed by atoms with Crippen LogP contribution in [0.2, 0.25) is 0 Å². The van der Waals surface area contributed by atoms with Crippen LogP contribution in [0.1, 0.15) is 17.3 Å². The fraction of sp³-hybridized carbons (Fsp3) is 0.417. The zero-order valence-electron chi connectivity index (χ0n) is 9.54. The fourth-order valence-electron chi connectivity index (χ4n) is 1.96. The van der Waals surface area contributed by atoms with Gasteiger partial charge in [0.1, 0.15) is 5.82 Å². The van der Waals surface area contributed by atoms with Crippen LogP contribution in [-0.2, 0) is 0 Å². The van der Waals surface area contributed by atoms with Crippen molar-refractivity contribution in [3.05, 3.63) is 34.1 Å². The van der Waals surface area contributed by atoms with Crippen molar-refractivity contribution in [2.24, 2.45) is 0 Å². The van der Waals surface area contributed by atoms with Crippen LogP contribution in [0.4, 0.5) is 4.39 Å². The molecule has 2 rings (SSSR count). The molecule has 1 saturated heterocycles. The largest absolute Gasteiger partial charge is 0.333 e. The monoisotopic (exact) mass is 300 g/mol. The smallest absolute Gasteiger partial charge is 0.255 e. The number of hydrogen-bond acceptors (Lipinski definition) is 2. The number of rotatable bonds is 1. The van der Waals surface area contributed by atoms with Crippen LogP contribution < -0.4 is 5.32 Å². The maximum Gasteiger partial charge on any atom is 0.255 e. The second-order valence-electron chi connectivity index (χ2n) is 4.18. The molecule has 1 amide bonds. The molecular weight excluding hydrogens is 287 g/mol. The van der Waals surface area contributed by atoms with Crippen molar-refractivity contribution < 1.29 is 9.18 Å². The second kappa shape index (κ2) is 5.14. The Morgan fingerprint density at radius 3 is 3.00 bits per heavy atom. The van der Waals surface area contributed by atoms with Crippen LogP contribution in [0.3, 0.4) is 0 Å². The van der Waals surface area contributed by atoms with Gasteiger partial charge in [0.25, 0.3) is 5.91 Å². The zero-order valence-corrected chi connectivity index (χ0v) is 11.1. The van der Waals surface area contributed by atoms with E-state index in [-0.39, 0.29) is 17.8 Å². The summed E-state index contributed by atoms with van der Waals surface area (Å²) in [4.78, 5) is 14.1. The molecule has 0 aromatic heterocycles. The minimum atomic E-state index is -0.346. The standard InChI is InChI=1S/C12H14BrFN2O/c1-8-7-15-4-5-16(8)12(17)10-3-2-9(14)6-11(10)13/h2-3,6,8,15H,4-5,7H2,1H3/t8-/m1/s1. The molecule has 0 bridgehead atoms. The summed E-state index contributed by atoms with van der Waals surface area (Å²) in [5, 5.41) is 3.23. The highest BCUT2D eigenvalue weighted by molar-refractivity contribution is 9.10. The Hall–Kier alpha value is -0.940. The molecule has 5 heteroatoms. The van der Waals surface area contributed by atoms with E-state index >= 15 is 0 Å². The molecule has 0 unspecified atom stereocenters. The third-order valence-electron chi connectivity index (χ3n) is 2.92. The molecule has 1 aromatic carbocycles. The fourth-order valence-corrected chi connectivity index (χ4v) is 2.48. The Morgan fingerprint density at radius 1 is 1.59 bits per heavy atom. The number of hydrogen-bond donors (Lipinski definition) is 1. The molecular formula is C12H14BrFN2O. The number of benzene rings is 1. The third kappa shape index (κ3) is 2.66. The highest BCUT2D eigenvalue weighted by Crippen LogP contribution is 2.21. The molecule has 1 aliphatic heterocycles. The lowest BCUT2D eigenvalue weighted by Crippen LogP contribution is -2.52. The summed E-state index contributed by atoms with van der Waals surface area (Å²) in [5.74, 6) is -0.396. The number of nitrogens with zero attached hydrogens (tertiary/aromatic N) is 1. The van der Waals surface area contributed by atoms with Crippen molar-refractivity contribution in [1.82, 2.24) is 10.2 Å². The van der Waals surface area contributed by atoms with Gasteiger partial charge in [-0.2, -0.15) is 0 Å². The van der Waals surface area contributed by atoms with Crippen molar-refractivity contribution in [3.8, 4) is 0 Å². The SMILES string of the molecule is C[C@@H]1CNCCN1C(=O)c1ccc(F)cc1Br. The Balaban J connectivity index is 2.24. The average Bonchev–Trinajstić information content (AvgIpc) is 2.29. The molecule has 1 N–H and O–H groups in total. The zero-order chi connectivity index (χ0) is 12.4. The van der Waals surface area contributed by atoms with Gasteiger partial charge in [0.15, 0.2) is 0 Å². The minimum absolute atomic E-state index is 0.0501. The van der Waals surface area contributed by atoms with Crippen LogP contribution in [-0.4, -0.2) is 36.5 Å². The van der Waals surface area contributed by atoms with Gasteiger partial charge in [0.2, 0.25) is 0 Å². The topological polar surface area (TPSA) is 32.3 Å². The molecule has 1 fully saturated rings. The van der Waals surface area contributed by atoms with Gasteiger partial charge in [-0.3, -0.25) is 4.79 Å². The highest BCUT2D eigenvalue weighted by atomic mass is 79.9. The van der Waals surface area contributed by atoms with E-state index in [1.165, 1.54) is 18.2 Å². The first-order valence-electron chi connectivity index (χ1n) is 5.56. The quantitative estimate of drug-likeness (QED) is 0.861. The summed E-state index contributed by atoms with van der Waals surface area (Å²) in [5.41, 5.74) is 0.514. The van der Waals surface area contributed by atoms with E-state index in [9.17, 15) is 9.18 Å². The molecule has 1 atom stereocenters. The second-order valence-corrected chi connectivity index (χ2v) is 5.03. The Morgan fingerprint density at radius 2 is 2.35 bits per heavy atom. The van der Waals surface area contributed by atoms with Gasteiger partial charge in [0, 0.05) is 30.1 Å². The first kappa shape index (κ1) is 12.5. The van der Waals surface area contributed by atoms with Gasteiger partial charge in [-0.1, -0.05) is 0 Å². The lowest BCUT2D eigenvalue weighted by atomic mass is 10.1. The van der Waals surface area contributed by atoms with E-state index in [0.717, 1.165) is 13.1 Å². The van der Waals surface area contributed by atoms with Crippen molar-refractivity contribution in [1.29, 1.82) is 0 Å². The predicted octanol–water partition coefficient (Wildman–Crippen LogP) is 2.02. The molecule has 0 spiro atoms. The third-order valence-corrected chi connectivity index (χ3v) is 3.58. The van der Waals surface area contributed by atoms with E-state index in [0.29, 0.717) is 16.6 Å². The van der Waals surface area contributed by atoms with Crippen LogP contribution >= 0.6 is 15.9 Å². The molecule has 1 aromatic rings. The minimum Gasteiger partial charge on any atom is -0.333 e. The number of carbonyl (C=O) groups is 1. The summed E-state index contributed by atoms with van der Waals surface area (Å²) >= 11 is 3.23. The van der Waals surface area contributed by atoms with E-state index in [4.69, 9.17) is 0 Å². The molecule has 3 nitrogen and oxygen atoms in total. The van der Waals surface area contributed by atoms with Gasteiger partial charge < -0.3 is 10.2 Å². The van der Waals surface area contributed by atoms with E-state index in [1.807, 2.05) is 11.8 Å². The number of amides is 1. The summed E-state index contributed by atoms with van der Waals surface area (Å²) in [7, 11) is 0. The lowest BCUT2D eigenvalue weighted by molar-refractivity contribution is 0.0655. The van der Waals surface area contributed by atoms with Gasteiger partial charge >= 0.3 is 0 Å². The number of piperazine rings is 1. The van der Waals surface area contributed by atoms with Crippen molar-refractivity contribution >= 4 is 21.8 Å². The van der Waals surface area contributed by atoms with Crippen molar-refractivity contribution in [2.45, 2.75) is 13.0 Å². The van der Waals surface area contributed by atoms with Crippen LogP contribution in [0.15, 0.2) is 22.7 Å². The van der Waals surface area contributed by atoms with E-state index < -0.39 is 0 Å². The summed E-state index contributed by atoms with van der Waals surface area (Å²) in [6, 6.07) is 4.31. The maximum absolute atomic E-state index is 13.0.